The van der Waals surface area contributed by atoms with Crippen molar-refractivity contribution in [2.45, 2.75) is 44.9 Å². The number of carbonyl (C=O) groups is 5. The van der Waals surface area contributed by atoms with Gasteiger partial charge in [-0.3, -0.25) is 48.5 Å². The van der Waals surface area contributed by atoms with E-state index in [4.69, 9.17) is 4.74 Å². The fourth-order valence-electron chi connectivity index (χ4n) is 8.30. The number of hydrogen-bond acceptors (Lipinski definition) is 11. The molecule has 5 rings (SSSR count). The Hall–Kier alpha value is -5.86. The van der Waals surface area contributed by atoms with Crippen molar-refractivity contribution < 1.29 is 62.3 Å². The summed E-state index contributed by atoms with van der Waals surface area (Å²) >= 11 is 0. The highest BCUT2D eigenvalue weighted by Gasteiger charge is 2.35. The van der Waals surface area contributed by atoms with Crippen molar-refractivity contribution in [1.29, 1.82) is 0 Å². The van der Waals surface area contributed by atoms with Crippen LogP contribution in [0.25, 0.3) is 23.3 Å². The molecule has 358 valence electrons. The average molecular weight is 925 g/mol. The van der Waals surface area contributed by atoms with Gasteiger partial charge in [-0.05, 0) is 66.3 Å². The summed E-state index contributed by atoms with van der Waals surface area (Å²) in [7, 11) is 0. The van der Waals surface area contributed by atoms with Crippen molar-refractivity contribution in [1.82, 2.24) is 29.8 Å². The summed E-state index contributed by atoms with van der Waals surface area (Å²) in [4.78, 5) is 68.7. The summed E-state index contributed by atoms with van der Waals surface area (Å²) < 4.78 is 50.7. The maximum Gasteiger partial charge on any atom is 0.417 e. The van der Waals surface area contributed by atoms with Crippen LogP contribution < -0.4 is 10.1 Å². The molecule has 5 N–H and O–H groups in total. The van der Waals surface area contributed by atoms with Crippen LogP contribution >= 0.6 is 0 Å². The van der Waals surface area contributed by atoms with Crippen LogP contribution in [-0.2, 0) is 36.7 Å². The van der Waals surface area contributed by atoms with E-state index in [9.17, 15) is 57.6 Å². The third-order valence-corrected chi connectivity index (χ3v) is 11.8. The zero-order valence-corrected chi connectivity index (χ0v) is 37.0. The molecule has 0 unspecified atom stereocenters. The molecule has 0 aromatic heterocycles. The van der Waals surface area contributed by atoms with Crippen molar-refractivity contribution in [3.8, 4) is 16.9 Å². The number of rotatable bonds is 18. The number of aliphatic carboxylic acids is 4. The van der Waals surface area contributed by atoms with Crippen LogP contribution in [0.5, 0.6) is 5.75 Å². The summed E-state index contributed by atoms with van der Waals surface area (Å²) in [5, 5.41) is 41.2. The normalized spacial score (nSPS) is 18.0. The quantitative estimate of drug-likeness (QED) is 0.0894. The number of halogens is 3. The number of amides is 1. The summed E-state index contributed by atoms with van der Waals surface area (Å²) in [5.41, 5.74) is 2.53. The molecule has 2 aliphatic rings. The van der Waals surface area contributed by atoms with Gasteiger partial charge in [0.05, 0.1) is 38.3 Å². The van der Waals surface area contributed by atoms with Crippen molar-refractivity contribution in [3.63, 3.8) is 0 Å². The Bertz CT molecular complexity index is 2140. The van der Waals surface area contributed by atoms with Gasteiger partial charge >= 0.3 is 30.1 Å². The second-order valence-corrected chi connectivity index (χ2v) is 16.6. The van der Waals surface area contributed by atoms with Crippen molar-refractivity contribution >= 4 is 41.9 Å². The summed E-state index contributed by atoms with van der Waals surface area (Å²) in [6, 6.07) is 16.6. The fourth-order valence-corrected chi connectivity index (χ4v) is 8.30. The Morgan fingerprint density at radius 2 is 1.24 bits per heavy atom. The first kappa shape index (κ1) is 51.1. The standard InChI is InChI=1S/C47H59F3N6O10/c1-33-34(10-7-11-38(33)35-8-3-2-4-9-35)13-14-36-27-41(37(26-39(36)47(48,49)50)28-56-16-6-5-12-40(56)46(64)65)66-25-15-51-42(57)29-52-17-19-53(30-43(58)59)21-23-55(32-45(62)63)24-22-54(20-18-52)31-44(60)61/h2-4,7-11,13-14,26-27,40H,5-6,12,15-25,28-32H2,1H3,(H,51,57)(H,58,59)(H,60,61)(H,62,63)(H,64,65)/b14-13+/t40-/m0/s1. The van der Waals surface area contributed by atoms with Crippen LogP contribution in [0.4, 0.5) is 13.2 Å². The lowest BCUT2D eigenvalue weighted by molar-refractivity contribution is -0.145. The van der Waals surface area contributed by atoms with E-state index >= 15 is 0 Å². The Morgan fingerprint density at radius 1 is 0.697 bits per heavy atom. The average Bonchev–Trinajstić information content (AvgIpc) is 3.25. The lowest BCUT2D eigenvalue weighted by atomic mass is 9.95. The number of likely N-dealkylation sites (tertiary alicyclic amines) is 1. The number of carboxylic acids is 4. The van der Waals surface area contributed by atoms with E-state index in [-0.39, 0.29) is 115 Å². The number of benzene rings is 3. The van der Waals surface area contributed by atoms with Crippen LogP contribution in [0.1, 0.15) is 47.1 Å². The second kappa shape index (κ2) is 24.6. The lowest BCUT2D eigenvalue weighted by Crippen LogP contribution is -2.50. The Morgan fingerprint density at radius 3 is 1.77 bits per heavy atom. The molecular weight excluding hydrogens is 866 g/mol. The molecule has 19 heteroatoms. The molecule has 0 spiro atoms. The molecule has 2 heterocycles. The summed E-state index contributed by atoms with van der Waals surface area (Å²) in [6.07, 6.45) is -0.0617. The largest absolute Gasteiger partial charge is 0.491 e. The third-order valence-electron chi connectivity index (χ3n) is 11.8. The molecule has 0 radical (unpaired) electrons. The smallest absolute Gasteiger partial charge is 0.417 e. The highest BCUT2D eigenvalue weighted by atomic mass is 19.4. The maximum atomic E-state index is 14.8. The fraction of sp³-hybridized carbons (Fsp3) is 0.468. The van der Waals surface area contributed by atoms with Gasteiger partial charge in [0.15, 0.2) is 0 Å². The third kappa shape index (κ3) is 15.9. The molecule has 2 saturated heterocycles. The highest BCUT2D eigenvalue weighted by Crippen LogP contribution is 2.38. The minimum Gasteiger partial charge on any atom is -0.491 e. The molecule has 3 aromatic carbocycles. The van der Waals surface area contributed by atoms with Crippen molar-refractivity contribution in [2.24, 2.45) is 0 Å². The number of ether oxygens (including phenoxy) is 1. The van der Waals surface area contributed by atoms with E-state index in [1.54, 1.807) is 30.6 Å². The number of piperidine rings is 1. The number of alkyl halides is 3. The molecule has 16 nitrogen and oxygen atoms in total. The van der Waals surface area contributed by atoms with E-state index in [2.05, 4.69) is 5.32 Å². The van der Waals surface area contributed by atoms with Crippen molar-refractivity contribution in [2.75, 3.05) is 98.2 Å². The van der Waals surface area contributed by atoms with E-state index in [0.717, 1.165) is 22.8 Å². The number of nitrogens with zero attached hydrogens (tertiary/aromatic N) is 5. The van der Waals surface area contributed by atoms with Crippen LogP contribution in [0.3, 0.4) is 0 Å². The zero-order chi connectivity index (χ0) is 47.8. The topological polar surface area (TPSA) is 204 Å². The molecule has 0 saturated carbocycles. The van der Waals surface area contributed by atoms with Gasteiger partial charge in [-0.15, -0.1) is 0 Å². The lowest BCUT2D eigenvalue weighted by Gasteiger charge is -2.33. The molecule has 3 aromatic rings. The van der Waals surface area contributed by atoms with Gasteiger partial charge in [-0.2, -0.15) is 13.2 Å². The first-order valence-electron chi connectivity index (χ1n) is 21.9. The Balaban J connectivity index is 1.34. The molecule has 1 amide bonds. The molecule has 0 aliphatic carbocycles. The van der Waals surface area contributed by atoms with Gasteiger partial charge in [0.2, 0.25) is 5.91 Å². The SMILES string of the molecule is Cc1c(/C=C/c2cc(OCCNC(=O)CN3CCN(CC(=O)O)CCN(CC(=O)O)CCN(CC(=O)O)CC3)c(CN3CCCC[C@H]3C(=O)O)cc2C(F)(F)F)cccc1-c1ccccc1. The van der Waals surface area contributed by atoms with Crippen molar-refractivity contribution in [3.05, 3.63) is 88.5 Å². The van der Waals surface area contributed by atoms with E-state index < -0.39 is 47.6 Å². The first-order valence-corrected chi connectivity index (χ1v) is 21.9. The van der Waals surface area contributed by atoms with Crippen LogP contribution in [-0.4, -0.2) is 179 Å². The van der Waals surface area contributed by atoms with Crippen LogP contribution in [0.2, 0.25) is 0 Å². The first-order chi connectivity index (χ1) is 31.5. The van der Waals surface area contributed by atoms with Gasteiger partial charge in [0, 0.05) is 64.5 Å². The summed E-state index contributed by atoms with van der Waals surface area (Å²) in [6.45, 7) is 2.63. The Labute approximate surface area is 381 Å². The molecule has 66 heavy (non-hydrogen) atoms. The molecule has 0 bridgehead atoms. The number of nitrogens with one attached hydrogen (secondary N) is 1. The second-order valence-electron chi connectivity index (χ2n) is 16.6. The zero-order valence-electron chi connectivity index (χ0n) is 37.0. The monoisotopic (exact) mass is 924 g/mol. The minimum atomic E-state index is -4.77. The predicted octanol–water partition coefficient (Wildman–Crippen LogP) is 4.26. The number of carboxylic acid groups (broad SMARTS) is 4. The van der Waals surface area contributed by atoms with Gasteiger partial charge in [0.25, 0.3) is 0 Å². The van der Waals surface area contributed by atoms with Gasteiger partial charge in [-0.1, -0.05) is 67.1 Å². The number of carbonyl (C=O) groups excluding carboxylic acids is 1. The van der Waals surface area contributed by atoms with Crippen LogP contribution in [0, 0.1) is 6.92 Å². The summed E-state index contributed by atoms with van der Waals surface area (Å²) in [5.74, 6) is -4.63. The van der Waals surface area contributed by atoms with E-state index in [1.165, 1.54) is 12.1 Å². The van der Waals surface area contributed by atoms with Gasteiger partial charge in [-0.25, -0.2) is 0 Å². The highest BCUT2D eigenvalue weighted by molar-refractivity contribution is 5.79. The van der Waals surface area contributed by atoms with E-state index in [0.29, 0.717) is 31.4 Å². The molecular formula is C47H59F3N6O10. The maximum absolute atomic E-state index is 14.8. The predicted molar refractivity (Wildman–Crippen MR) is 240 cm³/mol. The minimum absolute atomic E-state index is 0.0546. The van der Waals surface area contributed by atoms with Crippen LogP contribution in [0.15, 0.2) is 60.7 Å². The number of hydrogen-bond donors (Lipinski definition) is 5. The molecule has 2 fully saturated rings. The Kier molecular flexibility index (Phi) is 19.1. The van der Waals surface area contributed by atoms with E-state index in [1.807, 2.05) is 55.5 Å². The molecule has 2 aliphatic heterocycles. The molecule has 1 atom stereocenters. The van der Waals surface area contributed by atoms with Gasteiger partial charge < -0.3 is 30.5 Å². The van der Waals surface area contributed by atoms with Gasteiger partial charge in [0.1, 0.15) is 18.4 Å².